The molecule has 1 atom stereocenters. The van der Waals surface area contributed by atoms with Crippen molar-refractivity contribution in [2.75, 3.05) is 0 Å². The predicted octanol–water partition coefficient (Wildman–Crippen LogP) is 5.53. The third kappa shape index (κ3) is 3.44. The molecule has 0 spiro atoms. The van der Waals surface area contributed by atoms with Gasteiger partial charge in [0.25, 0.3) is 0 Å². The van der Waals surface area contributed by atoms with Crippen LogP contribution in [-0.4, -0.2) is 6.04 Å². The second-order valence-electron chi connectivity index (χ2n) is 6.27. The Morgan fingerprint density at radius 1 is 1.19 bits per heavy atom. The minimum absolute atomic E-state index is 0.525. The molecule has 1 heterocycles. The summed E-state index contributed by atoms with van der Waals surface area (Å²) in [4.78, 5) is 0. The highest BCUT2D eigenvalue weighted by molar-refractivity contribution is 6.30. The fourth-order valence-corrected chi connectivity index (χ4v) is 3.73. The first-order valence-corrected chi connectivity index (χ1v) is 8.53. The molecule has 1 aromatic heterocycles. The van der Waals surface area contributed by atoms with Crippen molar-refractivity contribution in [1.82, 2.24) is 5.32 Å². The summed E-state index contributed by atoms with van der Waals surface area (Å²) in [6.45, 7) is 3.10. The lowest BCUT2D eigenvalue weighted by Crippen LogP contribution is -2.32. The Morgan fingerprint density at radius 3 is 2.67 bits per heavy atom. The Labute approximate surface area is 131 Å². The standard InChI is InChI=1S/C18H24ClNO/c1-13(14-8-4-2-3-5-9-14)20-12-16-15-10-6-7-11-17(15)21-18(16)19/h6-7,10-11,13-14,20H,2-5,8-9,12H2,1H3/t13-/m0/s1. The fraction of sp³-hybridized carbons (Fsp3) is 0.556. The molecule has 0 aliphatic heterocycles. The maximum absolute atomic E-state index is 6.26. The number of hydrogen-bond acceptors (Lipinski definition) is 2. The summed E-state index contributed by atoms with van der Waals surface area (Å²) < 4.78 is 5.62. The smallest absolute Gasteiger partial charge is 0.199 e. The fourth-order valence-electron chi connectivity index (χ4n) is 3.47. The number of benzene rings is 1. The highest BCUT2D eigenvalue weighted by atomic mass is 35.5. The summed E-state index contributed by atoms with van der Waals surface area (Å²) in [5.41, 5.74) is 1.97. The van der Waals surface area contributed by atoms with Crippen LogP contribution in [0, 0.1) is 5.92 Å². The van der Waals surface area contributed by atoms with E-state index in [9.17, 15) is 0 Å². The summed E-state index contributed by atoms with van der Waals surface area (Å²) in [5.74, 6) is 0.796. The van der Waals surface area contributed by atoms with Gasteiger partial charge in [-0.25, -0.2) is 0 Å². The number of hydrogen-bond donors (Lipinski definition) is 1. The van der Waals surface area contributed by atoms with Gasteiger partial charge in [-0.05, 0) is 43.4 Å². The number of para-hydroxylation sites is 1. The maximum Gasteiger partial charge on any atom is 0.199 e. The molecule has 2 aromatic rings. The Hall–Kier alpha value is -0.990. The third-order valence-electron chi connectivity index (χ3n) is 4.86. The molecule has 1 N–H and O–H groups in total. The van der Waals surface area contributed by atoms with Gasteiger partial charge in [0.05, 0.1) is 0 Å². The summed E-state index contributed by atoms with van der Waals surface area (Å²) >= 11 is 6.26. The largest absolute Gasteiger partial charge is 0.444 e. The van der Waals surface area contributed by atoms with Gasteiger partial charge in [-0.3, -0.25) is 0 Å². The molecule has 1 aliphatic rings. The number of furan rings is 1. The van der Waals surface area contributed by atoms with E-state index in [1.165, 1.54) is 38.5 Å². The zero-order valence-electron chi connectivity index (χ0n) is 12.7. The van der Waals surface area contributed by atoms with E-state index in [0.717, 1.165) is 29.0 Å². The topological polar surface area (TPSA) is 25.2 Å². The van der Waals surface area contributed by atoms with E-state index in [2.05, 4.69) is 18.3 Å². The molecule has 0 saturated heterocycles. The summed E-state index contributed by atoms with van der Waals surface area (Å²) in [7, 11) is 0. The van der Waals surface area contributed by atoms with Crippen LogP contribution in [0.25, 0.3) is 11.0 Å². The Bertz CT molecular complexity index is 584. The van der Waals surface area contributed by atoms with Crippen LogP contribution in [0.2, 0.25) is 5.22 Å². The molecule has 1 aliphatic carbocycles. The van der Waals surface area contributed by atoms with Crippen molar-refractivity contribution >= 4 is 22.6 Å². The van der Waals surface area contributed by atoms with Gasteiger partial charge in [-0.1, -0.05) is 43.9 Å². The van der Waals surface area contributed by atoms with Crippen LogP contribution in [-0.2, 0) is 6.54 Å². The number of nitrogens with one attached hydrogen (secondary N) is 1. The number of halogens is 1. The van der Waals surface area contributed by atoms with Crippen molar-refractivity contribution in [3.05, 3.63) is 35.0 Å². The Balaban J connectivity index is 1.67. The maximum atomic E-state index is 6.26. The third-order valence-corrected chi connectivity index (χ3v) is 5.16. The average Bonchev–Trinajstić information content (AvgIpc) is 2.68. The molecule has 0 bridgehead atoms. The van der Waals surface area contributed by atoms with Gasteiger partial charge in [0.1, 0.15) is 5.58 Å². The summed E-state index contributed by atoms with van der Waals surface area (Å²) in [6.07, 6.45) is 8.28. The van der Waals surface area contributed by atoms with Crippen molar-refractivity contribution < 1.29 is 4.42 Å². The lowest BCUT2D eigenvalue weighted by Gasteiger charge is -2.23. The average molecular weight is 306 g/mol. The van der Waals surface area contributed by atoms with E-state index in [-0.39, 0.29) is 0 Å². The van der Waals surface area contributed by atoms with Gasteiger partial charge in [0, 0.05) is 23.5 Å². The predicted molar refractivity (Wildman–Crippen MR) is 88.7 cm³/mol. The Morgan fingerprint density at radius 2 is 1.90 bits per heavy atom. The zero-order valence-corrected chi connectivity index (χ0v) is 13.5. The minimum atomic E-state index is 0.525. The second kappa shape index (κ2) is 6.85. The monoisotopic (exact) mass is 305 g/mol. The van der Waals surface area contributed by atoms with Crippen LogP contribution in [0.5, 0.6) is 0 Å². The van der Waals surface area contributed by atoms with E-state index in [1.807, 2.05) is 18.2 Å². The first-order valence-electron chi connectivity index (χ1n) is 8.15. The van der Waals surface area contributed by atoms with Crippen LogP contribution in [0.1, 0.15) is 51.0 Å². The lowest BCUT2D eigenvalue weighted by atomic mass is 9.93. The van der Waals surface area contributed by atoms with Crippen LogP contribution in [0.15, 0.2) is 28.7 Å². The quantitative estimate of drug-likeness (QED) is 0.751. The molecule has 0 amide bonds. The number of rotatable bonds is 4. The van der Waals surface area contributed by atoms with Gasteiger partial charge in [-0.2, -0.15) is 0 Å². The van der Waals surface area contributed by atoms with Gasteiger partial charge >= 0.3 is 0 Å². The van der Waals surface area contributed by atoms with E-state index >= 15 is 0 Å². The van der Waals surface area contributed by atoms with Crippen LogP contribution >= 0.6 is 11.6 Å². The van der Waals surface area contributed by atoms with Crippen molar-refractivity contribution in [3.63, 3.8) is 0 Å². The number of fused-ring (bicyclic) bond motifs is 1. The molecule has 1 aromatic carbocycles. The molecule has 1 saturated carbocycles. The van der Waals surface area contributed by atoms with E-state index in [4.69, 9.17) is 16.0 Å². The van der Waals surface area contributed by atoms with Crippen molar-refractivity contribution in [1.29, 1.82) is 0 Å². The van der Waals surface area contributed by atoms with Crippen molar-refractivity contribution in [2.24, 2.45) is 5.92 Å². The molecule has 21 heavy (non-hydrogen) atoms. The van der Waals surface area contributed by atoms with Gasteiger partial charge in [-0.15, -0.1) is 0 Å². The highest BCUT2D eigenvalue weighted by Crippen LogP contribution is 2.30. The summed E-state index contributed by atoms with van der Waals surface area (Å²) in [5, 5.41) is 5.32. The molecule has 0 unspecified atom stereocenters. The SMILES string of the molecule is C[C@H](NCc1c(Cl)oc2ccccc12)C1CCCCCC1. The van der Waals surface area contributed by atoms with Crippen molar-refractivity contribution in [2.45, 2.75) is 58.0 Å². The highest BCUT2D eigenvalue weighted by Gasteiger charge is 2.20. The lowest BCUT2D eigenvalue weighted by molar-refractivity contribution is 0.336. The van der Waals surface area contributed by atoms with Gasteiger partial charge in [0.15, 0.2) is 5.22 Å². The molecule has 3 rings (SSSR count). The second-order valence-corrected chi connectivity index (χ2v) is 6.61. The van der Waals surface area contributed by atoms with Crippen LogP contribution in [0.3, 0.4) is 0 Å². The molecular weight excluding hydrogens is 282 g/mol. The van der Waals surface area contributed by atoms with Gasteiger partial charge in [0.2, 0.25) is 0 Å². The van der Waals surface area contributed by atoms with Gasteiger partial charge < -0.3 is 9.73 Å². The molecule has 1 fully saturated rings. The zero-order chi connectivity index (χ0) is 14.7. The molecule has 2 nitrogen and oxygen atoms in total. The van der Waals surface area contributed by atoms with Crippen molar-refractivity contribution in [3.8, 4) is 0 Å². The van der Waals surface area contributed by atoms with Crippen LogP contribution < -0.4 is 5.32 Å². The van der Waals surface area contributed by atoms with E-state index in [0.29, 0.717) is 11.3 Å². The molecule has 3 heteroatoms. The Kier molecular flexibility index (Phi) is 4.87. The van der Waals surface area contributed by atoms with Crippen LogP contribution in [0.4, 0.5) is 0 Å². The molecule has 114 valence electrons. The normalized spacial score (nSPS) is 18.8. The van der Waals surface area contributed by atoms with E-state index in [1.54, 1.807) is 0 Å². The molecule has 0 radical (unpaired) electrons. The van der Waals surface area contributed by atoms with E-state index < -0.39 is 0 Å². The first kappa shape index (κ1) is 14.9. The first-order chi connectivity index (χ1) is 10.3. The minimum Gasteiger partial charge on any atom is -0.444 e. The summed E-state index contributed by atoms with van der Waals surface area (Å²) in [6, 6.07) is 8.60. The molecular formula is C18H24ClNO.